The van der Waals surface area contributed by atoms with Gasteiger partial charge in [0.25, 0.3) is 5.91 Å². The zero-order valence-electron chi connectivity index (χ0n) is 17.0. The molecule has 8 nitrogen and oxygen atoms in total. The minimum atomic E-state index is -0.554. The lowest BCUT2D eigenvalue weighted by atomic mass is 9.99. The molecule has 3 heterocycles. The molecular formula is C22H25N3O5S. The van der Waals surface area contributed by atoms with Gasteiger partial charge in [-0.1, -0.05) is 18.2 Å². The number of imidazole rings is 1. The van der Waals surface area contributed by atoms with Crippen LogP contribution in [0.1, 0.15) is 23.0 Å². The first-order chi connectivity index (χ1) is 15.2. The number of hydrogen-bond acceptors (Lipinski definition) is 7. The second-order valence-corrected chi connectivity index (χ2v) is 8.01. The Hall–Kier alpha value is -2.72. The summed E-state index contributed by atoms with van der Waals surface area (Å²) < 4.78 is 16.8. The van der Waals surface area contributed by atoms with E-state index in [0.717, 1.165) is 15.9 Å². The number of carbonyl (C=O) groups is 1. The molecule has 0 saturated carbocycles. The number of allylic oxidation sites excluding steroid dienone is 1. The second kappa shape index (κ2) is 10.5. The van der Waals surface area contributed by atoms with E-state index in [1.165, 1.54) is 0 Å². The highest BCUT2D eigenvalue weighted by molar-refractivity contribution is 7.10. The number of nitrogens with one attached hydrogen (secondary N) is 2. The van der Waals surface area contributed by atoms with Crippen LogP contribution in [0.2, 0.25) is 0 Å². The number of carbonyl (C=O) groups excluding carboxylic acids is 1. The molecule has 0 bridgehead atoms. The van der Waals surface area contributed by atoms with Crippen molar-refractivity contribution < 1.29 is 24.1 Å². The van der Waals surface area contributed by atoms with Crippen LogP contribution in [0.25, 0.3) is 11.0 Å². The van der Waals surface area contributed by atoms with Crippen molar-refractivity contribution in [3.05, 3.63) is 64.3 Å². The number of rotatable bonds is 10. The second-order valence-electron chi connectivity index (χ2n) is 7.03. The van der Waals surface area contributed by atoms with Gasteiger partial charge in [-0.05, 0) is 29.7 Å². The highest BCUT2D eigenvalue weighted by Gasteiger charge is 2.29. The maximum absolute atomic E-state index is 12.8. The predicted molar refractivity (Wildman–Crippen MR) is 116 cm³/mol. The van der Waals surface area contributed by atoms with Gasteiger partial charge in [0.1, 0.15) is 5.82 Å². The number of aliphatic hydroxyl groups excluding tert-OH is 1. The molecule has 0 fully saturated rings. The number of ether oxygens (including phenoxy) is 3. The Balaban J connectivity index is 1.39. The number of para-hydroxylation sites is 2. The van der Waals surface area contributed by atoms with E-state index in [4.69, 9.17) is 19.3 Å². The van der Waals surface area contributed by atoms with Crippen molar-refractivity contribution in [2.45, 2.75) is 25.2 Å². The van der Waals surface area contributed by atoms with Gasteiger partial charge in [0.2, 0.25) is 6.29 Å². The lowest BCUT2D eigenvalue weighted by Gasteiger charge is -2.28. The number of fused-ring (bicyclic) bond motifs is 1. The van der Waals surface area contributed by atoms with Crippen LogP contribution < -0.4 is 5.32 Å². The molecule has 0 spiro atoms. The number of hydrogen-bond donors (Lipinski definition) is 3. The minimum Gasteiger partial charge on any atom is -0.459 e. The third-order valence-corrected chi connectivity index (χ3v) is 5.82. The summed E-state index contributed by atoms with van der Waals surface area (Å²) in [5, 5.41) is 13.7. The number of benzene rings is 1. The van der Waals surface area contributed by atoms with Crippen LogP contribution in [0.4, 0.5) is 0 Å². The van der Waals surface area contributed by atoms with Crippen molar-refractivity contribution in [1.29, 1.82) is 0 Å². The number of thiophene rings is 1. The van der Waals surface area contributed by atoms with E-state index in [1.807, 2.05) is 47.9 Å². The van der Waals surface area contributed by atoms with Crippen LogP contribution in [-0.4, -0.2) is 53.7 Å². The molecule has 9 heteroatoms. The van der Waals surface area contributed by atoms with E-state index in [-0.39, 0.29) is 37.3 Å². The van der Waals surface area contributed by atoms with Crippen molar-refractivity contribution in [3.8, 4) is 0 Å². The molecule has 1 aromatic carbocycles. The molecule has 2 atom stereocenters. The quantitative estimate of drug-likeness (QED) is 0.416. The summed E-state index contributed by atoms with van der Waals surface area (Å²) in [5.41, 5.74) is 1.78. The summed E-state index contributed by atoms with van der Waals surface area (Å²) in [4.78, 5) is 21.6. The predicted octanol–water partition coefficient (Wildman–Crippen LogP) is 2.68. The number of aliphatic hydroxyl groups is 1. The van der Waals surface area contributed by atoms with E-state index < -0.39 is 6.29 Å². The lowest BCUT2D eigenvalue weighted by Crippen LogP contribution is -2.33. The number of nitrogens with zero attached hydrogens (tertiary/aromatic N) is 1. The van der Waals surface area contributed by atoms with Crippen molar-refractivity contribution in [2.24, 2.45) is 0 Å². The van der Waals surface area contributed by atoms with E-state index in [1.54, 1.807) is 11.3 Å². The number of H-pyrrole nitrogens is 1. The van der Waals surface area contributed by atoms with E-state index in [0.29, 0.717) is 25.5 Å². The summed E-state index contributed by atoms with van der Waals surface area (Å²) in [7, 11) is 0. The average Bonchev–Trinajstić information content (AvgIpc) is 3.47. The topological polar surface area (TPSA) is 106 Å². The van der Waals surface area contributed by atoms with Crippen LogP contribution >= 0.6 is 11.3 Å². The lowest BCUT2D eigenvalue weighted by molar-refractivity contribution is -0.151. The Kier molecular flexibility index (Phi) is 7.31. The summed E-state index contributed by atoms with van der Waals surface area (Å²) in [6, 6.07) is 11.8. The largest absolute Gasteiger partial charge is 0.459 e. The Morgan fingerprint density at radius 2 is 2.16 bits per heavy atom. The van der Waals surface area contributed by atoms with Gasteiger partial charge < -0.3 is 29.6 Å². The standard InChI is InChI=1S/C22H25N3O5S/c26-7-8-28-9-10-29-21-13-15(19-6-3-11-31-19)12-18(30-21)22(27)23-14-20-24-16-4-1-2-5-17(16)25-20/h1-6,11-12,15,21,26H,7-10,13-14H2,(H,23,27)(H,24,25)/t15-,21+/m1/s1. The molecule has 3 aromatic rings. The zero-order chi connectivity index (χ0) is 21.5. The van der Waals surface area contributed by atoms with Crippen molar-refractivity contribution in [1.82, 2.24) is 15.3 Å². The summed E-state index contributed by atoms with van der Waals surface area (Å²) in [5.74, 6) is 0.632. The summed E-state index contributed by atoms with van der Waals surface area (Å²) >= 11 is 1.64. The third kappa shape index (κ3) is 5.71. The van der Waals surface area contributed by atoms with Gasteiger partial charge in [-0.2, -0.15) is 0 Å². The molecule has 164 valence electrons. The fraction of sp³-hybridized carbons (Fsp3) is 0.364. The molecule has 1 aliphatic rings. The van der Waals surface area contributed by atoms with Crippen molar-refractivity contribution in [2.75, 3.05) is 26.4 Å². The van der Waals surface area contributed by atoms with Gasteiger partial charge in [0.15, 0.2) is 5.76 Å². The third-order valence-electron chi connectivity index (χ3n) is 4.81. The Bertz CT molecular complexity index is 984. The van der Waals surface area contributed by atoms with Crippen LogP contribution in [-0.2, 0) is 25.5 Å². The van der Waals surface area contributed by atoms with Crippen LogP contribution in [0, 0.1) is 0 Å². The highest BCUT2D eigenvalue weighted by atomic mass is 32.1. The first-order valence-corrected chi connectivity index (χ1v) is 11.0. The maximum atomic E-state index is 12.8. The van der Waals surface area contributed by atoms with Gasteiger partial charge in [-0.3, -0.25) is 4.79 Å². The number of amides is 1. The first kappa shape index (κ1) is 21.5. The molecule has 0 radical (unpaired) electrons. The fourth-order valence-electron chi connectivity index (χ4n) is 3.36. The zero-order valence-corrected chi connectivity index (χ0v) is 17.8. The molecule has 1 amide bonds. The number of aromatic amines is 1. The monoisotopic (exact) mass is 443 g/mol. The summed E-state index contributed by atoms with van der Waals surface area (Å²) in [6.45, 7) is 1.16. The molecule has 3 N–H and O–H groups in total. The van der Waals surface area contributed by atoms with Gasteiger partial charge in [-0.25, -0.2) is 4.98 Å². The van der Waals surface area contributed by atoms with Gasteiger partial charge in [0.05, 0.1) is 44.0 Å². The van der Waals surface area contributed by atoms with E-state index in [9.17, 15) is 4.79 Å². The normalized spacial score (nSPS) is 18.5. The number of aromatic nitrogens is 2. The molecule has 0 saturated heterocycles. The van der Waals surface area contributed by atoms with E-state index >= 15 is 0 Å². The molecule has 2 aromatic heterocycles. The van der Waals surface area contributed by atoms with Crippen LogP contribution in [0.5, 0.6) is 0 Å². The van der Waals surface area contributed by atoms with Gasteiger partial charge in [0, 0.05) is 17.2 Å². The van der Waals surface area contributed by atoms with Crippen molar-refractivity contribution >= 4 is 28.3 Å². The Morgan fingerprint density at radius 1 is 1.26 bits per heavy atom. The molecular weight excluding hydrogens is 418 g/mol. The minimum absolute atomic E-state index is 0.0291. The molecule has 0 unspecified atom stereocenters. The Labute approximate surface area is 183 Å². The average molecular weight is 444 g/mol. The van der Waals surface area contributed by atoms with Gasteiger partial charge >= 0.3 is 0 Å². The molecule has 4 rings (SSSR count). The smallest absolute Gasteiger partial charge is 0.286 e. The fourth-order valence-corrected chi connectivity index (χ4v) is 4.17. The molecule has 31 heavy (non-hydrogen) atoms. The van der Waals surface area contributed by atoms with Crippen LogP contribution in [0.3, 0.4) is 0 Å². The molecule has 0 aliphatic carbocycles. The van der Waals surface area contributed by atoms with Crippen molar-refractivity contribution in [3.63, 3.8) is 0 Å². The molecule has 1 aliphatic heterocycles. The van der Waals surface area contributed by atoms with Gasteiger partial charge in [-0.15, -0.1) is 11.3 Å². The summed E-state index contributed by atoms with van der Waals surface area (Å²) in [6.07, 6.45) is 1.91. The highest BCUT2D eigenvalue weighted by Crippen LogP contribution is 2.33. The van der Waals surface area contributed by atoms with Crippen LogP contribution in [0.15, 0.2) is 53.6 Å². The van der Waals surface area contributed by atoms with E-state index in [2.05, 4.69) is 15.3 Å². The Morgan fingerprint density at radius 3 is 2.97 bits per heavy atom. The SMILES string of the molecule is O=C(NCc1nc2ccccc2[nH]1)C1=C[C@@H](c2cccs2)C[C@@H](OCCOCCO)O1. The first-order valence-electron chi connectivity index (χ1n) is 10.2. The maximum Gasteiger partial charge on any atom is 0.286 e.